The average Bonchev–Trinajstić information content (AvgIpc) is 1.78. The Labute approximate surface area is 77.3 Å². The van der Waals surface area contributed by atoms with Crippen LogP contribution in [0.3, 0.4) is 0 Å². The third kappa shape index (κ3) is 3.05. The first-order valence-corrected chi connectivity index (χ1v) is 4.58. The van der Waals surface area contributed by atoms with Crippen molar-refractivity contribution < 1.29 is 14.7 Å². The van der Waals surface area contributed by atoms with Gasteiger partial charge in [0, 0.05) is 13.0 Å². The van der Waals surface area contributed by atoms with E-state index in [1.807, 2.05) is 0 Å². The van der Waals surface area contributed by atoms with Crippen molar-refractivity contribution in [2.75, 3.05) is 0 Å². The van der Waals surface area contributed by atoms with Crippen LogP contribution in [0.1, 0.15) is 32.6 Å². The Morgan fingerprint density at radius 1 is 1.54 bits per heavy atom. The van der Waals surface area contributed by atoms with Crippen molar-refractivity contribution in [3.8, 4) is 0 Å². The number of hydrogen-bond acceptors (Lipinski definition) is 2. The van der Waals surface area contributed by atoms with E-state index in [9.17, 15) is 9.59 Å². The Kier molecular flexibility index (Phi) is 3.28. The molecule has 1 unspecified atom stereocenters. The van der Waals surface area contributed by atoms with Crippen LogP contribution in [0.5, 0.6) is 0 Å². The van der Waals surface area contributed by atoms with Crippen LogP contribution < -0.4 is 5.32 Å². The summed E-state index contributed by atoms with van der Waals surface area (Å²) in [5.74, 6) is -0.608. The smallest absolute Gasteiger partial charge is 0.305 e. The summed E-state index contributed by atoms with van der Waals surface area (Å²) in [5.41, 5.74) is 0. The van der Waals surface area contributed by atoms with Gasteiger partial charge in [-0.15, -0.1) is 0 Å². The van der Waals surface area contributed by atoms with Gasteiger partial charge in [0.15, 0.2) is 0 Å². The maximum Gasteiger partial charge on any atom is 0.305 e. The summed E-state index contributed by atoms with van der Waals surface area (Å²) < 4.78 is 0. The van der Waals surface area contributed by atoms with Crippen molar-refractivity contribution in [2.45, 2.75) is 38.6 Å². The number of nitrogens with one attached hydrogen (secondary N) is 1. The predicted molar refractivity (Wildman–Crippen MR) is 47.2 cm³/mol. The van der Waals surface area contributed by atoms with Crippen LogP contribution in [0, 0.1) is 5.92 Å². The third-order valence-electron chi connectivity index (χ3n) is 2.50. The second-order valence-electron chi connectivity index (χ2n) is 3.60. The molecule has 0 saturated heterocycles. The van der Waals surface area contributed by atoms with Crippen molar-refractivity contribution in [3.05, 3.63) is 0 Å². The zero-order valence-corrected chi connectivity index (χ0v) is 7.75. The molecule has 4 heteroatoms. The molecule has 4 nitrogen and oxygen atoms in total. The Morgan fingerprint density at radius 2 is 2.15 bits per heavy atom. The lowest BCUT2D eigenvalue weighted by molar-refractivity contribution is -0.138. The molecule has 0 aliphatic heterocycles. The first-order valence-electron chi connectivity index (χ1n) is 4.58. The van der Waals surface area contributed by atoms with Gasteiger partial charge in [0.05, 0.1) is 6.42 Å². The van der Waals surface area contributed by atoms with E-state index in [0.717, 1.165) is 19.3 Å². The van der Waals surface area contributed by atoms with Crippen molar-refractivity contribution in [3.63, 3.8) is 0 Å². The normalized spacial score (nSPS) is 18.8. The molecule has 0 radical (unpaired) electrons. The largest absolute Gasteiger partial charge is 0.481 e. The van der Waals surface area contributed by atoms with Crippen LogP contribution >= 0.6 is 0 Å². The van der Waals surface area contributed by atoms with Gasteiger partial charge < -0.3 is 10.4 Å². The number of carboxylic acid groups (broad SMARTS) is 1. The molecule has 1 atom stereocenters. The maximum absolute atomic E-state index is 10.8. The van der Waals surface area contributed by atoms with Crippen LogP contribution in [-0.2, 0) is 9.59 Å². The van der Waals surface area contributed by atoms with Crippen molar-refractivity contribution in [1.29, 1.82) is 0 Å². The summed E-state index contributed by atoms with van der Waals surface area (Å²) in [5, 5.41) is 11.3. The van der Waals surface area contributed by atoms with Gasteiger partial charge >= 0.3 is 5.97 Å². The number of aliphatic carboxylic acids is 1. The Balaban J connectivity index is 2.42. The topological polar surface area (TPSA) is 66.4 Å². The summed E-state index contributed by atoms with van der Waals surface area (Å²) in [6, 6.07) is -0.163. The highest BCUT2D eigenvalue weighted by Crippen LogP contribution is 2.30. The minimum absolute atomic E-state index is 0.0459. The number of rotatable bonds is 4. The van der Waals surface area contributed by atoms with Crippen LogP contribution in [0.15, 0.2) is 0 Å². The van der Waals surface area contributed by atoms with E-state index >= 15 is 0 Å². The van der Waals surface area contributed by atoms with Gasteiger partial charge in [-0.25, -0.2) is 0 Å². The lowest BCUT2D eigenvalue weighted by Gasteiger charge is -2.33. The number of carbonyl (C=O) groups excluding carboxylic acids is 1. The third-order valence-corrected chi connectivity index (χ3v) is 2.50. The van der Waals surface area contributed by atoms with Gasteiger partial charge in [-0.2, -0.15) is 0 Å². The molecule has 0 bridgehead atoms. The number of carboxylic acids is 1. The fraction of sp³-hybridized carbons (Fsp3) is 0.778. The highest BCUT2D eigenvalue weighted by atomic mass is 16.4. The highest BCUT2D eigenvalue weighted by molar-refractivity contribution is 5.75. The van der Waals surface area contributed by atoms with E-state index in [-0.39, 0.29) is 18.4 Å². The molecule has 1 fully saturated rings. The van der Waals surface area contributed by atoms with E-state index in [4.69, 9.17) is 5.11 Å². The summed E-state index contributed by atoms with van der Waals surface area (Å²) >= 11 is 0. The molecule has 0 heterocycles. The molecule has 0 aromatic rings. The molecule has 1 aliphatic rings. The van der Waals surface area contributed by atoms with Gasteiger partial charge in [0.25, 0.3) is 0 Å². The van der Waals surface area contributed by atoms with Crippen LogP contribution in [-0.4, -0.2) is 23.0 Å². The van der Waals surface area contributed by atoms with Gasteiger partial charge in [-0.3, -0.25) is 9.59 Å². The zero-order valence-electron chi connectivity index (χ0n) is 7.75. The standard InChI is InChI=1S/C9H15NO3/c1-6(11)10-8(5-9(12)13)7-3-2-4-7/h7-8H,2-5H2,1H3,(H,10,11)(H,12,13). The predicted octanol–water partition coefficient (Wildman–Crippen LogP) is 0.766. The van der Waals surface area contributed by atoms with Gasteiger partial charge in [0.1, 0.15) is 0 Å². The SMILES string of the molecule is CC(=O)NC(CC(=O)O)C1CCC1. The van der Waals surface area contributed by atoms with Crippen molar-refractivity contribution in [1.82, 2.24) is 5.32 Å². The average molecular weight is 185 g/mol. The molecule has 1 aliphatic carbocycles. The lowest BCUT2D eigenvalue weighted by atomic mass is 9.78. The molecule has 1 rings (SSSR count). The molecular weight excluding hydrogens is 170 g/mol. The monoisotopic (exact) mass is 185 g/mol. The van der Waals surface area contributed by atoms with Crippen LogP contribution in [0.25, 0.3) is 0 Å². The number of hydrogen-bond donors (Lipinski definition) is 2. The highest BCUT2D eigenvalue weighted by Gasteiger charge is 2.29. The summed E-state index contributed by atoms with van der Waals surface area (Å²) in [4.78, 5) is 21.3. The maximum atomic E-state index is 10.8. The van der Waals surface area contributed by atoms with E-state index in [1.165, 1.54) is 6.92 Å². The number of carbonyl (C=O) groups is 2. The summed E-state index contributed by atoms with van der Waals surface area (Å²) in [6.45, 7) is 1.42. The second kappa shape index (κ2) is 4.25. The quantitative estimate of drug-likeness (QED) is 0.679. The van der Waals surface area contributed by atoms with E-state index < -0.39 is 5.97 Å². The van der Waals surface area contributed by atoms with Gasteiger partial charge in [-0.05, 0) is 18.8 Å². The van der Waals surface area contributed by atoms with Crippen LogP contribution in [0.2, 0.25) is 0 Å². The fourth-order valence-corrected chi connectivity index (χ4v) is 1.63. The van der Waals surface area contributed by atoms with Crippen molar-refractivity contribution in [2.24, 2.45) is 5.92 Å². The molecule has 74 valence electrons. The first-order chi connectivity index (χ1) is 6.09. The molecule has 13 heavy (non-hydrogen) atoms. The minimum Gasteiger partial charge on any atom is -0.481 e. The number of amides is 1. The summed E-state index contributed by atoms with van der Waals surface area (Å²) in [6.07, 6.45) is 3.28. The zero-order chi connectivity index (χ0) is 9.84. The Bertz CT molecular complexity index is 195. The fourth-order valence-electron chi connectivity index (χ4n) is 1.63. The van der Waals surface area contributed by atoms with Crippen molar-refractivity contribution >= 4 is 11.9 Å². The molecule has 0 aromatic heterocycles. The Morgan fingerprint density at radius 3 is 2.46 bits per heavy atom. The Hall–Kier alpha value is -1.06. The molecule has 0 spiro atoms. The summed E-state index contributed by atoms with van der Waals surface area (Å²) in [7, 11) is 0. The van der Waals surface area contributed by atoms with Gasteiger partial charge in [-0.1, -0.05) is 6.42 Å². The minimum atomic E-state index is -0.842. The molecule has 0 aromatic carbocycles. The van der Waals surface area contributed by atoms with E-state index in [2.05, 4.69) is 5.32 Å². The molecule has 1 saturated carbocycles. The van der Waals surface area contributed by atoms with Crippen LogP contribution in [0.4, 0.5) is 0 Å². The molecule has 1 amide bonds. The van der Waals surface area contributed by atoms with E-state index in [0.29, 0.717) is 5.92 Å². The molecular formula is C9H15NO3. The first kappa shape index (κ1) is 10.0. The molecule has 2 N–H and O–H groups in total. The second-order valence-corrected chi connectivity index (χ2v) is 3.60. The lowest BCUT2D eigenvalue weighted by Crippen LogP contribution is -2.43. The van der Waals surface area contributed by atoms with E-state index in [1.54, 1.807) is 0 Å². The van der Waals surface area contributed by atoms with Gasteiger partial charge in [0.2, 0.25) is 5.91 Å².